The lowest BCUT2D eigenvalue weighted by Crippen LogP contribution is -2.24. The first kappa shape index (κ1) is 12.9. The lowest BCUT2D eigenvalue weighted by Gasteiger charge is -2.09. The Morgan fingerprint density at radius 2 is 2.22 bits per heavy atom. The van der Waals surface area contributed by atoms with Gasteiger partial charge in [0, 0.05) is 10.6 Å². The van der Waals surface area contributed by atoms with Gasteiger partial charge in [-0.15, -0.1) is 10.2 Å². The van der Waals surface area contributed by atoms with Gasteiger partial charge >= 0.3 is 0 Å². The molecule has 7 heteroatoms. The molecule has 94 valence electrons. The van der Waals surface area contributed by atoms with E-state index in [0.29, 0.717) is 21.6 Å². The molecule has 1 aromatic heterocycles. The topological polar surface area (TPSA) is 59.8 Å². The molecule has 0 aliphatic heterocycles. The first-order valence-corrected chi connectivity index (χ1v) is 6.75. The van der Waals surface area contributed by atoms with E-state index < -0.39 is 0 Å². The number of benzene rings is 1. The van der Waals surface area contributed by atoms with Crippen molar-refractivity contribution in [1.82, 2.24) is 14.9 Å². The summed E-state index contributed by atoms with van der Waals surface area (Å²) in [4.78, 5) is 12.0. The van der Waals surface area contributed by atoms with Gasteiger partial charge in [0.1, 0.15) is 5.82 Å². The van der Waals surface area contributed by atoms with Crippen LogP contribution in [0.15, 0.2) is 29.4 Å². The van der Waals surface area contributed by atoms with Crippen LogP contribution in [0.1, 0.15) is 16.2 Å². The fourth-order valence-corrected chi connectivity index (χ4v) is 2.07. The summed E-state index contributed by atoms with van der Waals surface area (Å²) < 4.78 is 1.55. The molecule has 0 aliphatic rings. The summed E-state index contributed by atoms with van der Waals surface area (Å²) >= 11 is 7.25. The standard InChI is InChI=1S/C11H11ClN4OS/c1-7-13-14-11(18-2)16(7)15-10(17)8-4-3-5-9(12)6-8/h3-6H,1-2H3,(H,15,17). The van der Waals surface area contributed by atoms with E-state index in [-0.39, 0.29) is 5.91 Å². The Morgan fingerprint density at radius 1 is 1.44 bits per heavy atom. The van der Waals surface area contributed by atoms with Crippen molar-refractivity contribution in [2.75, 3.05) is 11.7 Å². The number of hydrogen-bond acceptors (Lipinski definition) is 4. The van der Waals surface area contributed by atoms with E-state index in [9.17, 15) is 4.79 Å². The maximum absolute atomic E-state index is 12.0. The van der Waals surface area contributed by atoms with Crippen LogP contribution in [0.3, 0.4) is 0 Å². The van der Waals surface area contributed by atoms with Crippen LogP contribution < -0.4 is 5.43 Å². The van der Waals surface area contributed by atoms with E-state index >= 15 is 0 Å². The Kier molecular flexibility index (Phi) is 3.88. The molecular formula is C11H11ClN4OS. The molecule has 0 saturated carbocycles. The highest BCUT2D eigenvalue weighted by molar-refractivity contribution is 7.98. The molecule has 2 rings (SSSR count). The van der Waals surface area contributed by atoms with Gasteiger partial charge in [0.2, 0.25) is 5.16 Å². The largest absolute Gasteiger partial charge is 0.270 e. The molecule has 0 radical (unpaired) electrons. The van der Waals surface area contributed by atoms with Gasteiger partial charge in [0.25, 0.3) is 5.91 Å². The monoisotopic (exact) mass is 282 g/mol. The molecule has 0 bridgehead atoms. The number of carbonyl (C=O) groups is 1. The second-order valence-corrected chi connectivity index (χ2v) is 4.73. The average Bonchev–Trinajstić information content (AvgIpc) is 2.70. The Morgan fingerprint density at radius 3 is 2.89 bits per heavy atom. The predicted octanol–water partition coefficient (Wildman–Crippen LogP) is 2.35. The number of aryl methyl sites for hydroxylation is 1. The molecule has 2 aromatic rings. The third-order valence-corrected chi connectivity index (χ3v) is 3.14. The van der Waals surface area contributed by atoms with E-state index in [1.807, 2.05) is 6.26 Å². The molecule has 1 amide bonds. The molecule has 0 unspecified atom stereocenters. The van der Waals surface area contributed by atoms with Gasteiger partial charge in [-0.2, -0.15) is 0 Å². The molecule has 18 heavy (non-hydrogen) atoms. The number of rotatable bonds is 3. The number of nitrogens with one attached hydrogen (secondary N) is 1. The molecule has 0 fully saturated rings. The third-order valence-electron chi connectivity index (χ3n) is 2.28. The van der Waals surface area contributed by atoms with Crippen LogP contribution in [0.2, 0.25) is 5.02 Å². The second-order valence-electron chi connectivity index (χ2n) is 3.52. The SMILES string of the molecule is CSc1nnc(C)n1NC(=O)c1cccc(Cl)c1. The minimum absolute atomic E-state index is 0.254. The Balaban J connectivity index is 2.24. The third kappa shape index (κ3) is 2.65. The van der Waals surface area contributed by atoms with Crippen LogP contribution >= 0.6 is 23.4 Å². The molecule has 0 spiro atoms. The van der Waals surface area contributed by atoms with E-state index in [1.165, 1.54) is 11.8 Å². The molecule has 5 nitrogen and oxygen atoms in total. The molecule has 0 saturated heterocycles. The Labute approximate surface area is 114 Å². The number of halogens is 1. The molecule has 0 aliphatic carbocycles. The van der Waals surface area contributed by atoms with Crippen molar-refractivity contribution in [3.05, 3.63) is 40.7 Å². The van der Waals surface area contributed by atoms with Crippen molar-refractivity contribution in [3.63, 3.8) is 0 Å². The van der Waals surface area contributed by atoms with Crippen molar-refractivity contribution in [2.24, 2.45) is 0 Å². The Hall–Kier alpha value is -1.53. The summed E-state index contributed by atoms with van der Waals surface area (Å²) in [5.41, 5.74) is 3.22. The number of nitrogens with zero attached hydrogens (tertiary/aromatic N) is 3. The predicted molar refractivity (Wildman–Crippen MR) is 71.7 cm³/mol. The maximum atomic E-state index is 12.0. The summed E-state index contributed by atoms with van der Waals surface area (Å²) in [6.45, 7) is 1.77. The first-order valence-electron chi connectivity index (χ1n) is 5.14. The number of carbonyl (C=O) groups excluding carboxylic acids is 1. The second kappa shape index (κ2) is 5.41. The van der Waals surface area contributed by atoms with Crippen LogP contribution in [0.5, 0.6) is 0 Å². The van der Waals surface area contributed by atoms with Gasteiger partial charge in [0.05, 0.1) is 0 Å². The summed E-state index contributed by atoms with van der Waals surface area (Å²) in [5, 5.41) is 8.99. The minimum Gasteiger partial charge on any atom is -0.267 e. The van der Waals surface area contributed by atoms with Gasteiger partial charge in [0.15, 0.2) is 0 Å². The lowest BCUT2D eigenvalue weighted by molar-refractivity contribution is 0.101. The quantitative estimate of drug-likeness (QED) is 0.878. The maximum Gasteiger partial charge on any atom is 0.270 e. The summed E-state index contributed by atoms with van der Waals surface area (Å²) in [5.74, 6) is 0.366. The zero-order valence-corrected chi connectivity index (χ0v) is 11.4. The van der Waals surface area contributed by atoms with Gasteiger partial charge in [-0.05, 0) is 31.4 Å². The van der Waals surface area contributed by atoms with E-state index in [4.69, 9.17) is 11.6 Å². The summed E-state index contributed by atoms with van der Waals surface area (Å²) in [6, 6.07) is 6.75. The molecule has 1 heterocycles. The van der Waals surface area contributed by atoms with Gasteiger partial charge in [-0.1, -0.05) is 29.4 Å². The summed E-state index contributed by atoms with van der Waals surface area (Å²) in [7, 11) is 0. The number of amides is 1. The lowest BCUT2D eigenvalue weighted by atomic mass is 10.2. The van der Waals surface area contributed by atoms with E-state index in [0.717, 1.165) is 0 Å². The molecule has 0 atom stereocenters. The van der Waals surface area contributed by atoms with Crippen molar-refractivity contribution in [1.29, 1.82) is 0 Å². The number of hydrogen-bond donors (Lipinski definition) is 1. The van der Waals surface area contributed by atoms with Gasteiger partial charge < -0.3 is 0 Å². The van der Waals surface area contributed by atoms with E-state index in [1.54, 1.807) is 35.9 Å². The average molecular weight is 283 g/mol. The van der Waals surface area contributed by atoms with Crippen LogP contribution in [0.25, 0.3) is 0 Å². The normalized spacial score (nSPS) is 10.4. The van der Waals surface area contributed by atoms with Gasteiger partial charge in [-0.25, -0.2) is 4.68 Å². The molecule has 1 N–H and O–H groups in total. The van der Waals surface area contributed by atoms with Crippen molar-refractivity contribution in [3.8, 4) is 0 Å². The van der Waals surface area contributed by atoms with Crippen molar-refractivity contribution >= 4 is 29.3 Å². The first-order chi connectivity index (χ1) is 8.61. The smallest absolute Gasteiger partial charge is 0.267 e. The number of thioether (sulfide) groups is 1. The highest BCUT2D eigenvalue weighted by Crippen LogP contribution is 2.13. The summed E-state index contributed by atoms with van der Waals surface area (Å²) in [6.07, 6.45) is 1.87. The fourth-order valence-electron chi connectivity index (χ4n) is 1.40. The Bertz CT molecular complexity index is 584. The van der Waals surface area contributed by atoms with Crippen LogP contribution in [-0.4, -0.2) is 27.0 Å². The fraction of sp³-hybridized carbons (Fsp3) is 0.182. The molecular weight excluding hydrogens is 272 g/mol. The number of aromatic nitrogens is 3. The van der Waals surface area contributed by atoms with Crippen molar-refractivity contribution < 1.29 is 4.79 Å². The van der Waals surface area contributed by atoms with Gasteiger partial charge in [-0.3, -0.25) is 10.2 Å². The van der Waals surface area contributed by atoms with Crippen LogP contribution in [0.4, 0.5) is 0 Å². The van der Waals surface area contributed by atoms with Crippen molar-refractivity contribution in [2.45, 2.75) is 12.1 Å². The zero-order chi connectivity index (χ0) is 13.1. The highest BCUT2D eigenvalue weighted by Gasteiger charge is 2.12. The van der Waals surface area contributed by atoms with E-state index in [2.05, 4.69) is 15.6 Å². The van der Waals surface area contributed by atoms with Crippen LogP contribution in [-0.2, 0) is 0 Å². The zero-order valence-electron chi connectivity index (χ0n) is 9.85. The highest BCUT2D eigenvalue weighted by atomic mass is 35.5. The molecule has 1 aromatic carbocycles. The van der Waals surface area contributed by atoms with Crippen LogP contribution in [0, 0.1) is 6.92 Å². The minimum atomic E-state index is -0.254.